The van der Waals surface area contributed by atoms with Crippen LogP contribution in [0.4, 0.5) is 17.2 Å². The minimum atomic E-state index is -0.670. The van der Waals surface area contributed by atoms with E-state index in [4.69, 9.17) is 0 Å². The molecule has 0 atom stereocenters. The number of hydrogen-bond acceptors (Lipinski definition) is 7. The molecule has 0 fully saturated rings. The minimum absolute atomic E-state index is 0.0325. The molecule has 8 nitrogen and oxygen atoms in total. The summed E-state index contributed by atoms with van der Waals surface area (Å²) in [7, 11) is 5.10. The van der Waals surface area contributed by atoms with E-state index in [-0.39, 0.29) is 17.1 Å². The zero-order valence-electron chi connectivity index (χ0n) is 13.6. The first-order chi connectivity index (χ1) is 11.4. The van der Waals surface area contributed by atoms with Gasteiger partial charge in [-0.3, -0.25) is 10.1 Å². The summed E-state index contributed by atoms with van der Waals surface area (Å²) in [6.07, 6.45) is 1.25. The van der Waals surface area contributed by atoms with Crippen LogP contribution in [-0.4, -0.2) is 37.1 Å². The van der Waals surface area contributed by atoms with Gasteiger partial charge in [-0.05, 0) is 17.7 Å². The molecule has 1 aromatic carbocycles. The monoisotopic (exact) mass is 330 g/mol. The smallest absolute Gasteiger partial charge is 0.339 e. The van der Waals surface area contributed by atoms with E-state index in [9.17, 15) is 14.9 Å². The molecule has 126 valence electrons. The largest absolute Gasteiger partial charge is 0.465 e. The normalized spacial score (nSPS) is 10.1. The van der Waals surface area contributed by atoms with Crippen molar-refractivity contribution in [3.63, 3.8) is 0 Å². The van der Waals surface area contributed by atoms with Crippen molar-refractivity contribution in [2.75, 3.05) is 31.4 Å². The van der Waals surface area contributed by atoms with E-state index < -0.39 is 10.9 Å². The molecule has 0 aliphatic heterocycles. The first kappa shape index (κ1) is 17.2. The molecule has 24 heavy (non-hydrogen) atoms. The maximum atomic E-state index is 11.5. The van der Waals surface area contributed by atoms with Crippen LogP contribution in [0.15, 0.2) is 36.5 Å². The number of esters is 1. The number of benzene rings is 1. The Morgan fingerprint density at radius 3 is 2.54 bits per heavy atom. The zero-order valence-corrected chi connectivity index (χ0v) is 13.6. The number of hydrogen-bond donors (Lipinski definition) is 1. The number of rotatable bonds is 6. The highest BCUT2D eigenvalue weighted by atomic mass is 16.6. The van der Waals surface area contributed by atoms with E-state index in [1.54, 1.807) is 0 Å². The predicted octanol–water partition coefficient (Wildman–Crippen LogP) is 2.45. The number of aromatic nitrogens is 1. The maximum Gasteiger partial charge on any atom is 0.339 e. The fourth-order valence-electron chi connectivity index (χ4n) is 2.06. The van der Waals surface area contributed by atoms with Crippen molar-refractivity contribution in [2.24, 2.45) is 0 Å². The van der Waals surface area contributed by atoms with Gasteiger partial charge in [0, 0.05) is 38.6 Å². The Bertz CT molecular complexity index is 744. The van der Waals surface area contributed by atoms with E-state index in [1.165, 1.54) is 13.3 Å². The van der Waals surface area contributed by atoms with Gasteiger partial charge in [-0.15, -0.1) is 0 Å². The number of ether oxygens (including phenoxy) is 1. The van der Waals surface area contributed by atoms with Crippen molar-refractivity contribution in [3.05, 3.63) is 57.8 Å². The summed E-state index contributed by atoms with van der Waals surface area (Å²) in [6, 6.07) is 8.92. The molecule has 0 amide bonds. The van der Waals surface area contributed by atoms with E-state index in [1.807, 2.05) is 43.3 Å². The second kappa shape index (κ2) is 7.40. The second-order valence-electron chi connectivity index (χ2n) is 5.25. The van der Waals surface area contributed by atoms with Crippen LogP contribution in [0.5, 0.6) is 0 Å². The standard InChI is InChI=1S/C16H18N4O4/c1-19(2)13-6-4-11(5-7-13)9-17-15-14(20(22)23)8-12(10-18-15)16(21)24-3/h4-8,10H,9H2,1-3H3,(H,17,18). The SMILES string of the molecule is COC(=O)c1cnc(NCc2ccc(N(C)C)cc2)c([N+](=O)[O-])c1. The lowest BCUT2D eigenvalue weighted by atomic mass is 10.2. The number of carbonyl (C=O) groups excluding carboxylic acids is 1. The molecule has 0 saturated heterocycles. The first-order valence-corrected chi connectivity index (χ1v) is 7.15. The summed E-state index contributed by atoms with van der Waals surface area (Å²) in [5.41, 5.74) is 1.77. The minimum Gasteiger partial charge on any atom is -0.465 e. The van der Waals surface area contributed by atoms with Gasteiger partial charge < -0.3 is 15.0 Å². The van der Waals surface area contributed by atoms with E-state index in [2.05, 4.69) is 15.0 Å². The van der Waals surface area contributed by atoms with Crippen molar-refractivity contribution in [1.82, 2.24) is 4.98 Å². The number of carbonyl (C=O) groups is 1. The summed E-state index contributed by atoms with van der Waals surface area (Å²) in [5.74, 6) is -0.569. The number of methoxy groups -OCH3 is 1. The van der Waals surface area contributed by atoms with Crippen LogP contribution >= 0.6 is 0 Å². The van der Waals surface area contributed by atoms with Gasteiger partial charge in [-0.1, -0.05) is 12.1 Å². The molecule has 0 aliphatic carbocycles. The van der Waals surface area contributed by atoms with Gasteiger partial charge in [0.2, 0.25) is 5.82 Å². The summed E-state index contributed by atoms with van der Waals surface area (Å²) in [6.45, 7) is 0.374. The Morgan fingerprint density at radius 1 is 1.33 bits per heavy atom. The Balaban J connectivity index is 2.16. The van der Waals surface area contributed by atoms with Crippen molar-refractivity contribution in [1.29, 1.82) is 0 Å². The third-order valence-corrected chi connectivity index (χ3v) is 3.40. The fraction of sp³-hybridized carbons (Fsp3) is 0.250. The number of anilines is 2. The van der Waals surface area contributed by atoms with Crippen LogP contribution in [-0.2, 0) is 11.3 Å². The van der Waals surface area contributed by atoms with Crippen LogP contribution in [0.1, 0.15) is 15.9 Å². The molecule has 1 N–H and O–H groups in total. The molecular formula is C16H18N4O4. The molecule has 0 radical (unpaired) electrons. The molecule has 1 aromatic heterocycles. The molecule has 0 spiro atoms. The summed E-state index contributed by atoms with van der Waals surface area (Å²) >= 11 is 0. The lowest BCUT2D eigenvalue weighted by molar-refractivity contribution is -0.384. The van der Waals surface area contributed by atoms with Gasteiger partial charge in [0.05, 0.1) is 17.6 Å². The van der Waals surface area contributed by atoms with Gasteiger partial charge in [0.1, 0.15) is 0 Å². The highest BCUT2D eigenvalue weighted by molar-refractivity contribution is 5.90. The van der Waals surface area contributed by atoms with Crippen LogP contribution in [0.25, 0.3) is 0 Å². The van der Waals surface area contributed by atoms with Gasteiger partial charge in [0.15, 0.2) is 0 Å². The second-order valence-corrected chi connectivity index (χ2v) is 5.25. The highest BCUT2D eigenvalue weighted by Gasteiger charge is 2.19. The molecule has 0 saturated carbocycles. The zero-order chi connectivity index (χ0) is 17.7. The first-order valence-electron chi connectivity index (χ1n) is 7.15. The van der Waals surface area contributed by atoms with Crippen molar-refractivity contribution in [3.8, 4) is 0 Å². The predicted molar refractivity (Wildman–Crippen MR) is 90.3 cm³/mol. The number of nitrogens with zero attached hydrogens (tertiary/aromatic N) is 3. The fourth-order valence-corrected chi connectivity index (χ4v) is 2.06. The molecule has 8 heteroatoms. The number of nitrogens with one attached hydrogen (secondary N) is 1. The van der Waals surface area contributed by atoms with E-state index >= 15 is 0 Å². The van der Waals surface area contributed by atoms with Crippen molar-refractivity contribution >= 4 is 23.2 Å². The quantitative estimate of drug-likeness (QED) is 0.493. The third kappa shape index (κ3) is 3.97. The average Bonchev–Trinajstić information content (AvgIpc) is 2.59. The van der Waals surface area contributed by atoms with Crippen LogP contribution in [0, 0.1) is 10.1 Å². The Kier molecular flexibility index (Phi) is 5.31. The molecule has 0 aliphatic rings. The van der Waals surface area contributed by atoms with Crippen LogP contribution in [0.2, 0.25) is 0 Å². The molecule has 2 aromatic rings. The molecule has 2 rings (SSSR count). The molecule has 1 heterocycles. The van der Waals surface area contributed by atoms with Gasteiger partial charge in [-0.2, -0.15) is 0 Å². The number of nitro groups is 1. The number of pyridine rings is 1. The third-order valence-electron chi connectivity index (χ3n) is 3.40. The average molecular weight is 330 g/mol. The topological polar surface area (TPSA) is 97.6 Å². The maximum absolute atomic E-state index is 11.5. The van der Waals surface area contributed by atoms with Gasteiger partial charge >= 0.3 is 11.7 Å². The lowest BCUT2D eigenvalue weighted by Crippen LogP contribution is -2.09. The Labute approximate surface area is 139 Å². The van der Waals surface area contributed by atoms with Crippen LogP contribution < -0.4 is 10.2 Å². The summed E-state index contributed by atoms with van der Waals surface area (Å²) < 4.78 is 4.54. The van der Waals surface area contributed by atoms with Gasteiger partial charge in [0.25, 0.3) is 0 Å². The summed E-state index contributed by atoms with van der Waals surface area (Å²) in [5, 5.41) is 14.1. The Hall–Kier alpha value is -3.16. The van der Waals surface area contributed by atoms with Crippen molar-refractivity contribution < 1.29 is 14.5 Å². The Morgan fingerprint density at radius 2 is 2.00 bits per heavy atom. The van der Waals surface area contributed by atoms with Crippen LogP contribution in [0.3, 0.4) is 0 Å². The molecular weight excluding hydrogens is 312 g/mol. The molecule has 0 bridgehead atoms. The van der Waals surface area contributed by atoms with E-state index in [0.29, 0.717) is 6.54 Å². The highest BCUT2D eigenvalue weighted by Crippen LogP contribution is 2.24. The summed E-state index contributed by atoms with van der Waals surface area (Å²) in [4.78, 5) is 28.0. The molecule has 0 unspecified atom stereocenters. The van der Waals surface area contributed by atoms with Crippen molar-refractivity contribution in [2.45, 2.75) is 6.54 Å². The van der Waals surface area contributed by atoms with Gasteiger partial charge in [-0.25, -0.2) is 9.78 Å². The lowest BCUT2D eigenvalue weighted by Gasteiger charge is -2.13. The van der Waals surface area contributed by atoms with E-state index in [0.717, 1.165) is 17.3 Å².